The summed E-state index contributed by atoms with van der Waals surface area (Å²) in [6.07, 6.45) is -0.870. The van der Waals surface area contributed by atoms with Crippen LogP contribution in [0, 0.1) is 0 Å². The fourth-order valence-electron chi connectivity index (χ4n) is 1.61. The van der Waals surface area contributed by atoms with Crippen molar-refractivity contribution in [1.82, 2.24) is 15.5 Å². The minimum atomic E-state index is -0.435. The van der Waals surface area contributed by atoms with Crippen molar-refractivity contribution in [2.75, 3.05) is 39.4 Å². The number of carbonyl (C=O) groups is 2. The van der Waals surface area contributed by atoms with Crippen LogP contribution in [0.15, 0.2) is 0 Å². The van der Waals surface area contributed by atoms with Gasteiger partial charge in [0.2, 0.25) is 0 Å². The predicted octanol–water partition coefficient (Wildman–Crippen LogP) is 1.36. The van der Waals surface area contributed by atoms with Crippen molar-refractivity contribution in [2.24, 2.45) is 5.73 Å². The van der Waals surface area contributed by atoms with E-state index in [4.69, 9.17) is 15.2 Å². The Bertz CT molecular complexity index is 306. The summed E-state index contributed by atoms with van der Waals surface area (Å²) < 4.78 is 10.1. The standard InChI is InChI=1S/C14H30N4O4.2ClH/c1-11(2)16-13(19)21-9-7-18(6-5-15)8-10-22-14(20)17-12(3)4;;/h11-12H,5-10,15H2,1-4H3,(H,16,19)(H,17,20);2*1H. The molecular formula is C14H32Cl2N4O4. The maximum atomic E-state index is 11.3. The van der Waals surface area contributed by atoms with Gasteiger partial charge in [0.05, 0.1) is 0 Å². The lowest BCUT2D eigenvalue weighted by atomic mass is 10.4. The van der Waals surface area contributed by atoms with Gasteiger partial charge >= 0.3 is 12.2 Å². The van der Waals surface area contributed by atoms with Gasteiger partial charge in [-0.25, -0.2) is 9.59 Å². The van der Waals surface area contributed by atoms with Crippen molar-refractivity contribution in [3.63, 3.8) is 0 Å². The fourth-order valence-corrected chi connectivity index (χ4v) is 1.61. The number of hydrogen-bond acceptors (Lipinski definition) is 6. The molecule has 0 saturated heterocycles. The van der Waals surface area contributed by atoms with Crippen LogP contribution in [0.1, 0.15) is 27.7 Å². The lowest BCUT2D eigenvalue weighted by Crippen LogP contribution is -2.38. The third kappa shape index (κ3) is 17.4. The molecule has 0 aliphatic rings. The van der Waals surface area contributed by atoms with E-state index in [0.29, 0.717) is 26.2 Å². The van der Waals surface area contributed by atoms with E-state index in [1.807, 2.05) is 32.6 Å². The van der Waals surface area contributed by atoms with E-state index in [1.165, 1.54) is 0 Å². The first-order chi connectivity index (χ1) is 10.3. The van der Waals surface area contributed by atoms with Gasteiger partial charge < -0.3 is 25.8 Å². The number of carbonyl (C=O) groups excluding carboxylic acids is 2. The Labute approximate surface area is 157 Å². The smallest absolute Gasteiger partial charge is 0.407 e. The molecule has 8 nitrogen and oxygen atoms in total. The normalized spacial score (nSPS) is 10.0. The molecule has 0 aliphatic heterocycles. The number of halogens is 2. The highest BCUT2D eigenvalue weighted by Crippen LogP contribution is 1.91. The summed E-state index contributed by atoms with van der Waals surface area (Å²) in [5, 5.41) is 5.29. The molecule has 146 valence electrons. The summed E-state index contributed by atoms with van der Waals surface area (Å²) in [6, 6.07) is 0.0843. The number of nitrogens with zero attached hydrogens (tertiary/aromatic N) is 1. The van der Waals surface area contributed by atoms with Crippen LogP contribution in [0.4, 0.5) is 9.59 Å². The number of ether oxygens (including phenoxy) is 2. The van der Waals surface area contributed by atoms with Gasteiger partial charge in [-0.3, -0.25) is 4.90 Å². The minimum absolute atomic E-state index is 0. The molecule has 4 N–H and O–H groups in total. The van der Waals surface area contributed by atoms with Gasteiger partial charge in [0.25, 0.3) is 0 Å². The topological polar surface area (TPSA) is 106 Å². The van der Waals surface area contributed by atoms with E-state index in [-0.39, 0.29) is 50.1 Å². The number of rotatable bonds is 10. The third-order valence-electron chi connectivity index (χ3n) is 2.54. The van der Waals surface area contributed by atoms with E-state index in [9.17, 15) is 9.59 Å². The summed E-state index contributed by atoms with van der Waals surface area (Å²) in [6.45, 7) is 10.2. The van der Waals surface area contributed by atoms with Crippen molar-refractivity contribution in [1.29, 1.82) is 0 Å². The van der Waals surface area contributed by atoms with Crippen molar-refractivity contribution in [2.45, 2.75) is 39.8 Å². The molecule has 0 unspecified atom stereocenters. The number of nitrogens with two attached hydrogens (primary N) is 1. The Hall–Kier alpha value is -0.960. The Balaban J connectivity index is -0.00000220. The molecular weight excluding hydrogens is 359 g/mol. The number of alkyl carbamates (subject to hydrolysis) is 2. The first-order valence-corrected chi connectivity index (χ1v) is 7.64. The van der Waals surface area contributed by atoms with Crippen molar-refractivity contribution < 1.29 is 19.1 Å². The van der Waals surface area contributed by atoms with Crippen LogP contribution in [0.25, 0.3) is 0 Å². The molecule has 2 amide bonds. The van der Waals surface area contributed by atoms with Gasteiger partial charge in [0.15, 0.2) is 0 Å². The molecule has 24 heavy (non-hydrogen) atoms. The van der Waals surface area contributed by atoms with Gasteiger partial charge in [-0.05, 0) is 27.7 Å². The maximum absolute atomic E-state index is 11.3. The monoisotopic (exact) mass is 390 g/mol. The maximum Gasteiger partial charge on any atom is 0.407 e. The lowest BCUT2D eigenvalue weighted by molar-refractivity contribution is 0.106. The van der Waals surface area contributed by atoms with Crippen molar-refractivity contribution in [3.05, 3.63) is 0 Å². The Kier molecular flexibility index (Phi) is 19.6. The van der Waals surface area contributed by atoms with Crippen LogP contribution in [-0.2, 0) is 9.47 Å². The highest BCUT2D eigenvalue weighted by molar-refractivity contribution is 5.85. The van der Waals surface area contributed by atoms with Gasteiger partial charge in [0.1, 0.15) is 13.2 Å². The first kappa shape index (κ1) is 27.9. The minimum Gasteiger partial charge on any atom is -0.448 e. The van der Waals surface area contributed by atoms with Crippen LogP contribution >= 0.6 is 24.8 Å². The molecule has 10 heteroatoms. The summed E-state index contributed by atoms with van der Waals surface area (Å²) in [5.74, 6) is 0. The Morgan fingerprint density at radius 3 is 1.54 bits per heavy atom. The van der Waals surface area contributed by atoms with Crippen LogP contribution in [-0.4, -0.2) is 68.6 Å². The molecule has 0 radical (unpaired) electrons. The van der Waals surface area contributed by atoms with Gasteiger partial charge in [-0.15, -0.1) is 24.8 Å². The molecule has 0 aromatic rings. The van der Waals surface area contributed by atoms with Gasteiger partial charge in [0, 0.05) is 38.3 Å². The largest absolute Gasteiger partial charge is 0.448 e. The molecule has 0 rings (SSSR count). The predicted molar refractivity (Wildman–Crippen MR) is 99.2 cm³/mol. The van der Waals surface area contributed by atoms with E-state index in [1.54, 1.807) is 0 Å². The Morgan fingerprint density at radius 1 is 0.875 bits per heavy atom. The molecule has 0 bridgehead atoms. The first-order valence-electron chi connectivity index (χ1n) is 7.64. The average molecular weight is 391 g/mol. The molecule has 0 aromatic carbocycles. The quantitative estimate of drug-likeness (QED) is 0.519. The molecule has 0 heterocycles. The summed E-state index contributed by atoms with van der Waals surface area (Å²) in [5.41, 5.74) is 5.54. The highest BCUT2D eigenvalue weighted by atomic mass is 35.5. The molecule has 0 atom stereocenters. The molecule has 0 spiro atoms. The molecule has 0 saturated carbocycles. The third-order valence-corrected chi connectivity index (χ3v) is 2.54. The van der Waals surface area contributed by atoms with Gasteiger partial charge in [-0.2, -0.15) is 0 Å². The summed E-state index contributed by atoms with van der Waals surface area (Å²) in [7, 11) is 0. The van der Waals surface area contributed by atoms with Crippen LogP contribution in [0.5, 0.6) is 0 Å². The summed E-state index contributed by atoms with van der Waals surface area (Å²) in [4.78, 5) is 24.7. The van der Waals surface area contributed by atoms with Crippen molar-refractivity contribution in [3.8, 4) is 0 Å². The van der Waals surface area contributed by atoms with E-state index < -0.39 is 12.2 Å². The average Bonchev–Trinajstić information content (AvgIpc) is 2.36. The van der Waals surface area contributed by atoms with E-state index >= 15 is 0 Å². The van der Waals surface area contributed by atoms with Crippen LogP contribution < -0.4 is 16.4 Å². The second-order valence-corrected chi connectivity index (χ2v) is 5.50. The highest BCUT2D eigenvalue weighted by Gasteiger charge is 2.09. The number of amides is 2. The second-order valence-electron chi connectivity index (χ2n) is 5.50. The van der Waals surface area contributed by atoms with E-state index in [2.05, 4.69) is 10.6 Å². The van der Waals surface area contributed by atoms with Crippen LogP contribution in [0.3, 0.4) is 0 Å². The second kappa shape index (κ2) is 16.9. The Morgan fingerprint density at radius 2 is 1.25 bits per heavy atom. The molecule has 0 aliphatic carbocycles. The lowest BCUT2D eigenvalue weighted by Gasteiger charge is -2.21. The zero-order valence-electron chi connectivity index (χ0n) is 14.9. The van der Waals surface area contributed by atoms with Crippen molar-refractivity contribution >= 4 is 37.0 Å². The zero-order chi connectivity index (χ0) is 17.0. The van der Waals surface area contributed by atoms with E-state index in [0.717, 1.165) is 0 Å². The fraction of sp³-hybridized carbons (Fsp3) is 0.857. The number of hydrogen-bond donors (Lipinski definition) is 3. The molecule has 0 aromatic heterocycles. The zero-order valence-corrected chi connectivity index (χ0v) is 16.5. The van der Waals surface area contributed by atoms with Crippen LogP contribution in [0.2, 0.25) is 0 Å². The SMILES string of the molecule is CC(C)NC(=O)OCCN(CCN)CCOC(=O)NC(C)C.Cl.Cl. The number of nitrogens with one attached hydrogen (secondary N) is 2. The van der Waals surface area contributed by atoms with Gasteiger partial charge in [-0.1, -0.05) is 0 Å². The molecule has 0 fully saturated rings. The summed E-state index contributed by atoms with van der Waals surface area (Å²) >= 11 is 0.